The van der Waals surface area contributed by atoms with E-state index in [-0.39, 0.29) is 5.69 Å². The van der Waals surface area contributed by atoms with Crippen LogP contribution in [0.25, 0.3) is 5.69 Å². The van der Waals surface area contributed by atoms with Crippen molar-refractivity contribution in [3.05, 3.63) is 65.8 Å². The average molecular weight is 288 g/mol. The summed E-state index contributed by atoms with van der Waals surface area (Å²) in [4.78, 5) is 7.99. The molecule has 0 spiro atoms. The van der Waals surface area contributed by atoms with Gasteiger partial charge in [-0.3, -0.25) is 0 Å². The van der Waals surface area contributed by atoms with E-state index >= 15 is 0 Å². The summed E-state index contributed by atoms with van der Waals surface area (Å²) in [6, 6.07) is 10.0. The molecule has 0 aliphatic heterocycles. The van der Waals surface area contributed by atoms with Crippen LogP contribution in [0, 0.1) is 29.6 Å². The van der Waals surface area contributed by atoms with Gasteiger partial charge in [-0.25, -0.2) is 9.97 Å². The minimum Gasteiger partial charge on any atom is -0.317 e. The predicted octanol–water partition coefficient (Wildman–Crippen LogP) is 2.17. The summed E-state index contributed by atoms with van der Waals surface area (Å²) in [7, 11) is 0. The van der Waals surface area contributed by atoms with Gasteiger partial charge in [0.05, 0.1) is 19.2 Å². The van der Waals surface area contributed by atoms with E-state index in [9.17, 15) is 0 Å². The standard InChI is InChI=1S/C16H12N6/c1-12-6-14(21-5-4-19-10-21)3-2-13(12)9-22-11-20-15(7-17)16(22)8-18/h2-6,10-11H,9H2,1H3. The second-order valence-corrected chi connectivity index (χ2v) is 4.87. The third-order valence-corrected chi connectivity index (χ3v) is 3.52. The normalized spacial score (nSPS) is 10.1. The van der Waals surface area contributed by atoms with Crippen molar-refractivity contribution in [3.8, 4) is 17.8 Å². The van der Waals surface area contributed by atoms with Gasteiger partial charge in [0.1, 0.15) is 12.1 Å². The fourth-order valence-corrected chi connectivity index (χ4v) is 2.31. The van der Waals surface area contributed by atoms with Gasteiger partial charge in [-0.05, 0) is 30.2 Å². The molecule has 2 heterocycles. The van der Waals surface area contributed by atoms with Gasteiger partial charge < -0.3 is 9.13 Å². The lowest BCUT2D eigenvalue weighted by Gasteiger charge is -2.10. The molecule has 3 aromatic rings. The van der Waals surface area contributed by atoms with Crippen molar-refractivity contribution in [2.75, 3.05) is 0 Å². The van der Waals surface area contributed by atoms with Crippen molar-refractivity contribution >= 4 is 0 Å². The molecular weight excluding hydrogens is 276 g/mol. The molecule has 0 aliphatic rings. The Kier molecular flexibility index (Phi) is 3.43. The van der Waals surface area contributed by atoms with Crippen LogP contribution in [-0.4, -0.2) is 19.1 Å². The summed E-state index contributed by atoms with van der Waals surface area (Å²) in [5, 5.41) is 18.1. The second kappa shape index (κ2) is 5.55. The highest BCUT2D eigenvalue weighted by Gasteiger charge is 2.11. The molecule has 22 heavy (non-hydrogen) atoms. The van der Waals surface area contributed by atoms with Gasteiger partial charge in [0.2, 0.25) is 0 Å². The monoisotopic (exact) mass is 288 g/mol. The summed E-state index contributed by atoms with van der Waals surface area (Å²) >= 11 is 0. The van der Waals surface area contributed by atoms with Crippen molar-refractivity contribution < 1.29 is 0 Å². The van der Waals surface area contributed by atoms with E-state index in [0.717, 1.165) is 16.8 Å². The van der Waals surface area contributed by atoms with Crippen LogP contribution in [0.2, 0.25) is 0 Å². The molecule has 0 unspecified atom stereocenters. The molecule has 0 fully saturated rings. The number of aromatic nitrogens is 4. The molecule has 0 amide bonds. The van der Waals surface area contributed by atoms with Crippen molar-refractivity contribution in [2.24, 2.45) is 0 Å². The molecule has 106 valence electrons. The molecule has 0 atom stereocenters. The molecule has 0 bridgehead atoms. The minimum atomic E-state index is 0.162. The zero-order chi connectivity index (χ0) is 15.5. The van der Waals surface area contributed by atoms with E-state index in [2.05, 4.69) is 16.0 Å². The van der Waals surface area contributed by atoms with Crippen LogP contribution in [0.1, 0.15) is 22.5 Å². The van der Waals surface area contributed by atoms with Crippen LogP contribution in [0.5, 0.6) is 0 Å². The Morgan fingerprint density at radius 2 is 2.05 bits per heavy atom. The van der Waals surface area contributed by atoms with Crippen molar-refractivity contribution in [3.63, 3.8) is 0 Å². The van der Waals surface area contributed by atoms with Crippen LogP contribution in [0.4, 0.5) is 0 Å². The molecule has 0 saturated carbocycles. The van der Waals surface area contributed by atoms with E-state index in [1.165, 1.54) is 6.33 Å². The topological polar surface area (TPSA) is 83.2 Å². The van der Waals surface area contributed by atoms with E-state index < -0.39 is 0 Å². The Balaban J connectivity index is 1.93. The van der Waals surface area contributed by atoms with E-state index in [0.29, 0.717) is 12.2 Å². The van der Waals surface area contributed by atoms with E-state index in [1.54, 1.807) is 17.1 Å². The van der Waals surface area contributed by atoms with Crippen molar-refractivity contribution in [1.29, 1.82) is 10.5 Å². The third-order valence-electron chi connectivity index (χ3n) is 3.52. The van der Waals surface area contributed by atoms with Gasteiger partial charge in [-0.1, -0.05) is 6.07 Å². The molecule has 3 rings (SSSR count). The number of nitriles is 2. The van der Waals surface area contributed by atoms with Crippen molar-refractivity contribution in [2.45, 2.75) is 13.5 Å². The highest BCUT2D eigenvalue weighted by atomic mass is 15.1. The molecule has 2 aromatic heterocycles. The first-order valence-electron chi connectivity index (χ1n) is 6.66. The van der Waals surface area contributed by atoms with Gasteiger partial charge in [0.15, 0.2) is 11.4 Å². The van der Waals surface area contributed by atoms with Gasteiger partial charge in [0, 0.05) is 18.1 Å². The van der Waals surface area contributed by atoms with Gasteiger partial charge >= 0.3 is 0 Å². The lowest BCUT2D eigenvalue weighted by atomic mass is 10.1. The Hall–Kier alpha value is -3.38. The predicted molar refractivity (Wildman–Crippen MR) is 79.1 cm³/mol. The Morgan fingerprint density at radius 3 is 2.68 bits per heavy atom. The number of aryl methyl sites for hydroxylation is 1. The highest BCUT2D eigenvalue weighted by molar-refractivity contribution is 5.41. The summed E-state index contributed by atoms with van der Waals surface area (Å²) < 4.78 is 3.63. The SMILES string of the molecule is Cc1cc(-n2ccnc2)ccc1Cn1cnc(C#N)c1C#N. The Bertz CT molecular complexity index is 890. The molecule has 6 heteroatoms. The van der Waals surface area contributed by atoms with Crippen LogP contribution in [0.3, 0.4) is 0 Å². The summed E-state index contributed by atoms with van der Waals surface area (Å²) in [5.41, 5.74) is 3.66. The summed E-state index contributed by atoms with van der Waals surface area (Å²) in [5.74, 6) is 0. The number of hydrogen-bond donors (Lipinski definition) is 0. The molecule has 0 radical (unpaired) electrons. The highest BCUT2D eigenvalue weighted by Crippen LogP contribution is 2.17. The molecular formula is C16H12N6. The second-order valence-electron chi connectivity index (χ2n) is 4.87. The van der Waals surface area contributed by atoms with Crippen LogP contribution >= 0.6 is 0 Å². The Morgan fingerprint density at radius 1 is 1.18 bits per heavy atom. The number of nitrogens with zero attached hydrogens (tertiary/aromatic N) is 6. The lowest BCUT2D eigenvalue weighted by molar-refractivity contribution is 0.780. The van der Waals surface area contributed by atoms with Gasteiger partial charge in [0.25, 0.3) is 0 Å². The van der Waals surface area contributed by atoms with Gasteiger partial charge in [-0.2, -0.15) is 10.5 Å². The number of benzene rings is 1. The number of rotatable bonds is 3. The van der Waals surface area contributed by atoms with Crippen LogP contribution in [-0.2, 0) is 6.54 Å². The smallest absolute Gasteiger partial charge is 0.176 e. The fraction of sp³-hybridized carbons (Fsp3) is 0.125. The van der Waals surface area contributed by atoms with E-state index in [1.807, 2.05) is 42.0 Å². The first kappa shape index (κ1) is 13.6. The summed E-state index contributed by atoms with van der Waals surface area (Å²) in [6.45, 7) is 2.53. The van der Waals surface area contributed by atoms with E-state index in [4.69, 9.17) is 10.5 Å². The quantitative estimate of drug-likeness (QED) is 0.739. The third kappa shape index (κ3) is 2.34. The Labute approximate surface area is 127 Å². The maximum Gasteiger partial charge on any atom is 0.176 e. The fourth-order valence-electron chi connectivity index (χ4n) is 2.31. The van der Waals surface area contributed by atoms with Crippen LogP contribution < -0.4 is 0 Å². The number of hydrogen-bond acceptors (Lipinski definition) is 4. The van der Waals surface area contributed by atoms with Crippen molar-refractivity contribution in [1.82, 2.24) is 19.1 Å². The average Bonchev–Trinajstić information content (AvgIpc) is 3.18. The minimum absolute atomic E-state index is 0.162. The first-order chi connectivity index (χ1) is 10.7. The molecule has 6 nitrogen and oxygen atoms in total. The van der Waals surface area contributed by atoms with Gasteiger partial charge in [-0.15, -0.1) is 0 Å². The molecule has 1 aromatic carbocycles. The molecule has 0 aliphatic carbocycles. The summed E-state index contributed by atoms with van der Waals surface area (Å²) in [6.07, 6.45) is 6.90. The zero-order valence-electron chi connectivity index (χ0n) is 11.9. The maximum atomic E-state index is 9.16. The molecule has 0 N–H and O–H groups in total. The number of imidazole rings is 2. The lowest BCUT2D eigenvalue weighted by Crippen LogP contribution is -2.04. The first-order valence-corrected chi connectivity index (χ1v) is 6.66. The maximum absolute atomic E-state index is 9.16. The largest absolute Gasteiger partial charge is 0.317 e. The van der Waals surface area contributed by atoms with Crippen LogP contribution in [0.15, 0.2) is 43.2 Å². The molecule has 0 saturated heterocycles. The zero-order valence-corrected chi connectivity index (χ0v) is 11.9.